The summed E-state index contributed by atoms with van der Waals surface area (Å²) in [5.41, 5.74) is 0.719. The Morgan fingerprint density at radius 2 is 2.04 bits per heavy atom. The largest absolute Gasteiger partial charge is 0.466 e. The molecule has 0 bridgehead atoms. The lowest BCUT2D eigenvalue weighted by Gasteiger charge is -2.25. The molecule has 2 rings (SSSR count). The molecule has 1 aliphatic rings. The van der Waals surface area contributed by atoms with Crippen molar-refractivity contribution in [3.05, 3.63) is 23.2 Å². The Morgan fingerprint density at radius 3 is 2.52 bits per heavy atom. The number of hydrogen-bond donors (Lipinski definition) is 2. The zero-order chi connectivity index (χ0) is 17.2. The highest BCUT2D eigenvalue weighted by Crippen LogP contribution is 2.34. The van der Waals surface area contributed by atoms with Crippen LogP contribution in [0.5, 0.6) is 0 Å². The van der Waals surface area contributed by atoms with Crippen LogP contribution in [-0.4, -0.2) is 24.3 Å². The number of nitrogens with one attached hydrogen (secondary N) is 2. The lowest BCUT2D eigenvalue weighted by molar-refractivity contribution is 0.0520. The van der Waals surface area contributed by atoms with Crippen LogP contribution in [0, 0.1) is 19.8 Å². The van der Waals surface area contributed by atoms with Gasteiger partial charge in [0.15, 0.2) is 0 Å². The van der Waals surface area contributed by atoms with Gasteiger partial charge in [-0.3, -0.25) is 0 Å². The fourth-order valence-electron chi connectivity index (χ4n) is 2.86. The quantitative estimate of drug-likeness (QED) is 0.835. The summed E-state index contributed by atoms with van der Waals surface area (Å²) >= 11 is 0. The highest BCUT2D eigenvalue weighted by atomic mass is 16.6. The molecule has 1 saturated carbocycles. The topological polar surface area (TPSA) is 63.5 Å². The first-order valence-electron chi connectivity index (χ1n) is 8.45. The van der Waals surface area contributed by atoms with E-state index in [-0.39, 0.29) is 18.2 Å². The molecule has 2 unspecified atom stereocenters. The van der Waals surface area contributed by atoms with E-state index in [9.17, 15) is 4.79 Å². The molecule has 0 aliphatic heterocycles. The minimum Gasteiger partial charge on any atom is -0.466 e. The zero-order valence-electron chi connectivity index (χ0n) is 15.2. The molecular formula is C18H30N2O3. The van der Waals surface area contributed by atoms with Gasteiger partial charge in [0.2, 0.25) is 0 Å². The van der Waals surface area contributed by atoms with Crippen molar-refractivity contribution in [1.29, 1.82) is 0 Å². The Labute approximate surface area is 139 Å². The van der Waals surface area contributed by atoms with Gasteiger partial charge in [-0.2, -0.15) is 0 Å². The Hall–Kier alpha value is -1.49. The average Bonchev–Trinajstić information content (AvgIpc) is 3.17. The van der Waals surface area contributed by atoms with Crippen LogP contribution in [-0.2, 0) is 4.74 Å². The number of rotatable bonds is 6. The van der Waals surface area contributed by atoms with E-state index < -0.39 is 5.60 Å². The Kier molecular flexibility index (Phi) is 5.40. The molecule has 0 spiro atoms. The van der Waals surface area contributed by atoms with Gasteiger partial charge in [-0.1, -0.05) is 0 Å². The molecule has 2 N–H and O–H groups in total. The molecule has 1 amide bonds. The lowest BCUT2D eigenvalue weighted by Crippen LogP contribution is -2.44. The predicted molar refractivity (Wildman–Crippen MR) is 90.5 cm³/mol. The molecule has 5 nitrogen and oxygen atoms in total. The molecule has 0 saturated heterocycles. The van der Waals surface area contributed by atoms with E-state index in [1.54, 1.807) is 0 Å². The third-order valence-corrected chi connectivity index (χ3v) is 4.07. The summed E-state index contributed by atoms with van der Waals surface area (Å²) in [5.74, 6) is 2.51. The maximum absolute atomic E-state index is 11.8. The van der Waals surface area contributed by atoms with Crippen LogP contribution in [0.25, 0.3) is 0 Å². The number of carbonyl (C=O) groups excluding carboxylic acids is 1. The van der Waals surface area contributed by atoms with E-state index in [4.69, 9.17) is 9.15 Å². The normalized spacial score (nSPS) is 17.7. The lowest BCUT2D eigenvalue weighted by atomic mass is 10.1. The highest BCUT2D eigenvalue weighted by Gasteiger charge is 2.33. The minimum absolute atomic E-state index is 0.193. The molecule has 1 heterocycles. The summed E-state index contributed by atoms with van der Waals surface area (Å²) in [7, 11) is 0. The summed E-state index contributed by atoms with van der Waals surface area (Å²) in [6.07, 6.45) is 2.07. The molecule has 1 aliphatic carbocycles. The maximum atomic E-state index is 11.8. The molecule has 0 aromatic carbocycles. The van der Waals surface area contributed by atoms with Gasteiger partial charge in [0.25, 0.3) is 0 Å². The van der Waals surface area contributed by atoms with Crippen molar-refractivity contribution in [1.82, 2.24) is 10.6 Å². The van der Waals surface area contributed by atoms with Gasteiger partial charge in [0, 0.05) is 24.2 Å². The van der Waals surface area contributed by atoms with Crippen LogP contribution in [0.4, 0.5) is 4.79 Å². The van der Waals surface area contributed by atoms with Crippen molar-refractivity contribution in [2.24, 2.45) is 5.92 Å². The van der Waals surface area contributed by atoms with E-state index in [2.05, 4.69) is 23.6 Å². The molecule has 23 heavy (non-hydrogen) atoms. The number of carbonyl (C=O) groups is 1. The number of hydrogen-bond acceptors (Lipinski definition) is 4. The Balaban J connectivity index is 1.89. The first-order chi connectivity index (χ1) is 10.7. The molecule has 5 heteroatoms. The van der Waals surface area contributed by atoms with Crippen LogP contribution in [0.1, 0.15) is 63.7 Å². The summed E-state index contributed by atoms with van der Waals surface area (Å²) in [6.45, 7) is 12.3. The zero-order valence-corrected chi connectivity index (χ0v) is 15.2. The molecule has 2 atom stereocenters. The molecular weight excluding hydrogens is 292 g/mol. The monoisotopic (exact) mass is 322 g/mol. The third kappa shape index (κ3) is 5.57. The van der Waals surface area contributed by atoms with Crippen LogP contribution >= 0.6 is 0 Å². The molecule has 1 fully saturated rings. The predicted octanol–water partition coefficient (Wildman–Crippen LogP) is 3.85. The van der Waals surface area contributed by atoms with E-state index in [1.807, 2.05) is 34.6 Å². The first kappa shape index (κ1) is 17.9. The second-order valence-electron chi connectivity index (χ2n) is 7.58. The number of furan rings is 1. The standard InChI is InChI=1S/C18H30N2O3/c1-11-9-15(13(3)22-11)12(2)20-16(14-7-8-14)10-19-17(21)23-18(4,5)6/h9,12,14,16,20H,7-8,10H2,1-6H3,(H,19,21). The SMILES string of the molecule is Cc1cc(C(C)NC(CNC(=O)OC(C)(C)C)C2CC2)c(C)o1. The summed E-state index contributed by atoms with van der Waals surface area (Å²) in [6, 6.07) is 2.53. The average molecular weight is 322 g/mol. The number of alkyl carbamates (subject to hydrolysis) is 1. The van der Waals surface area contributed by atoms with Gasteiger partial charge in [-0.15, -0.1) is 0 Å². The second kappa shape index (κ2) is 6.95. The van der Waals surface area contributed by atoms with E-state index in [0.29, 0.717) is 12.5 Å². The highest BCUT2D eigenvalue weighted by molar-refractivity contribution is 5.67. The molecule has 0 radical (unpaired) electrons. The minimum atomic E-state index is -0.467. The van der Waals surface area contributed by atoms with Gasteiger partial charge < -0.3 is 19.8 Å². The van der Waals surface area contributed by atoms with E-state index in [1.165, 1.54) is 18.4 Å². The van der Waals surface area contributed by atoms with E-state index >= 15 is 0 Å². The van der Waals surface area contributed by atoms with Gasteiger partial charge in [0.1, 0.15) is 17.1 Å². The molecule has 1 aromatic rings. The summed E-state index contributed by atoms with van der Waals surface area (Å²) in [5, 5.41) is 6.53. The first-order valence-corrected chi connectivity index (χ1v) is 8.45. The van der Waals surface area contributed by atoms with Crippen molar-refractivity contribution < 1.29 is 13.9 Å². The fraction of sp³-hybridized carbons (Fsp3) is 0.722. The summed E-state index contributed by atoms with van der Waals surface area (Å²) < 4.78 is 10.9. The van der Waals surface area contributed by atoms with Gasteiger partial charge in [0.05, 0.1) is 0 Å². The van der Waals surface area contributed by atoms with Crippen molar-refractivity contribution in [2.45, 2.75) is 72.1 Å². The van der Waals surface area contributed by atoms with Gasteiger partial charge in [-0.25, -0.2) is 4.79 Å². The van der Waals surface area contributed by atoms with Crippen molar-refractivity contribution >= 4 is 6.09 Å². The van der Waals surface area contributed by atoms with Crippen LogP contribution in [0.2, 0.25) is 0 Å². The third-order valence-electron chi connectivity index (χ3n) is 4.07. The molecule has 130 valence electrons. The van der Waals surface area contributed by atoms with Crippen LogP contribution < -0.4 is 10.6 Å². The number of aryl methyl sites for hydroxylation is 2. The van der Waals surface area contributed by atoms with Crippen LogP contribution in [0.15, 0.2) is 10.5 Å². The molecule has 1 aromatic heterocycles. The van der Waals surface area contributed by atoms with Crippen LogP contribution in [0.3, 0.4) is 0 Å². The van der Waals surface area contributed by atoms with Gasteiger partial charge in [-0.05, 0) is 66.4 Å². The van der Waals surface area contributed by atoms with Crippen molar-refractivity contribution in [3.63, 3.8) is 0 Å². The fourth-order valence-corrected chi connectivity index (χ4v) is 2.86. The van der Waals surface area contributed by atoms with Crippen molar-refractivity contribution in [2.75, 3.05) is 6.54 Å². The Bertz CT molecular complexity index is 541. The maximum Gasteiger partial charge on any atom is 0.407 e. The van der Waals surface area contributed by atoms with Crippen molar-refractivity contribution in [3.8, 4) is 0 Å². The van der Waals surface area contributed by atoms with Gasteiger partial charge >= 0.3 is 6.09 Å². The van der Waals surface area contributed by atoms with E-state index in [0.717, 1.165) is 11.5 Å². The summed E-state index contributed by atoms with van der Waals surface area (Å²) in [4.78, 5) is 11.8. The smallest absolute Gasteiger partial charge is 0.407 e. The number of amides is 1. The number of ether oxygens (including phenoxy) is 1. The Morgan fingerprint density at radius 1 is 1.39 bits per heavy atom. The second-order valence-corrected chi connectivity index (χ2v) is 7.58.